The summed E-state index contributed by atoms with van der Waals surface area (Å²) in [4.78, 5) is 14.8. The fourth-order valence-corrected chi connectivity index (χ4v) is 1.32. The zero-order valence-corrected chi connectivity index (χ0v) is 9.75. The van der Waals surface area contributed by atoms with E-state index >= 15 is 0 Å². The molecule has 2 rings (SSSR count). The van der Waals surface area contributed by atoms with Gasteiger partial charge in [-0.15, -0.1) is 5.10 Å². The molecular formula is C11H9F3N4O. The van der Waals surface area contributed by atoms with Gasteiger partial charge in [-0.3, -0.25) is 15.2 Å². The van der Waals surface area contributed by atoms with Crippen molar-refractivity contribution in [2.45, 2.75) is 13.1 Å². The Balaban J connectivity index is 2.11. The minimum atomic E-state index is -4.63. The Kier molecular flexibility index (Phi) is 3.24. The van der Waals surface area contributed by atoms with E-state index in [0.717, 1.165) is 5.56 Å². The molecule has 0 spiro atoms. The van der Waals surface area contributed by atoms with Crippen molar-refractivity contribution in [3.63, 3.8) is 0 Å². The van der Waals surface area contributed by atoms with Crippen LogP contribution < -0.4 is 5.32 Å². The van der Waals surface area contributed by atoms with Gasteiger partial charge in [-0.25, -0.2) is 0 Å². The van der Waals surface area contributed by atoms with Gasteiger partial charge in [0, 0.05) is 5.56 Å². The van der Waals surface area contributed by atoms with Gasteiger partial charge in [-0.05, 0) is 19.1 Å². The summed E-state index contributed by atoms with van der Waals surface area (Å²) in [5, 5.41) is 7.17. The number of aryl methyl sites for hydroxylation is 1. The number of anilines is 1. The topological polar surface area (TPSA) is 70.7 Å². The smallest absolute Gasteiger partial charge is 0.289 e. The average Bonchev–Trinajstić information content (AvgIpc) is 2.78. The summed E-state index contributed by atoms with van der Waals surface area (Å²) in [5.74, 6) is -2.25. The van der Waals surface area contributed by atoms with Crippen LogP contribution in [0, 0.1) is 6.92 Å². The number of rotatable bonds is 2. The normalized spacial score (nSPS) is 11.4. The predicted octanol–water partition coefficient (Wildman–Crippen LogP) is 2.38. The number of carbonyl (C=O) groups is 1. The summed E-state index contributed by atoms with van der Waals surface area (Å²) >= 11 is 0. The van der Waals surface area contributed by atoms with Gasteiger partial charge in [0.25, 0.3) is 5.91 Å². The maximum atomic E-state index is 12.3. The van der Waals surface area contributed by atoms with Crippen LogP contribution in [0.3, 0.4) is 0 Å². The second-order valence-corrected chi connectivity index (χ2v) is 3.83. The van der Waals surface area contributed by atoms with Gasteiger partial charge >= 0.3 is 6.18 Å². The highest BCUT2D eigenvalue weighted by Crippen LogP contribution is 2.26. The molecule has 0 aliphatic carbocycles. The third kappa shape index (κ3) is 3.09. The monoisotopic (exact) mass is 270 g/mol. The standard InChI is InChI=1S/C11H9F3N4O/c1-6-2-4-7(5-3-6)8(19)15-10-16-9(17-18-10)11(12,13)14/h2-5H,1H3,(H2,15,16,17,18,19). The fourth-order valence-electron chi connectivity index (χ4n) is 1.32. The second-order valence-electron chi connectivity index (χ2n) is 3.83. The number of carbonyl (C=O) groups excluding carboxylic acids is 1. The van der Waals surface area contributed by atoms with Crippen LogP contribution in [0.25, 0.3) is 0 Å². The molecule has 0 radical (unpaired) electrons. The molecular weight excluding hydrogens is 261 g/mol. The van der Waals surface area contributed by atoms with Crippen molar-refractivity contribution in [3.8, 4) is 0 Å². The summed E-state index contributed by atoms with van der Waals surface area (Å²) in [5.41, 5.74) is 1.28. The Labute approximate surface area is 105 Å². The number of alkyl halides is 3. The van der Waals surface area contributed by atoms with Gasteiger partial charge in [-0.2, -0.15) is 18.2 Å². The first-order valence-electron chi connectivity index (χ1n) is 5.24. The average molecular weight is 270 g/mol. The number of amides is 1. The first-order chi connectivity index (χ1) is 8.86. The number of aromatic amines is 1. The van der Waals surface area contributed by atoms with Crippen molar-refractivity contribution in [3.05, 3.63) is 41.2 Å². The van der Waals surface area contributed by atoms with Gasteiger partial charge < -0.3 is 0 Å². The lowest BCUT2D eigenvalue weighted by Crippen LogP contribution is -2.13. The molecule has 0 aliphatic rings. The quantitative estimate of drug-likeness (QED) is 0.880. The first kappa shape index (κ1) is 13.1. The highest BCUT2D eigenvalue weighted by molar-refractivity contribution is 6.03. The maximum absolute atomic E-state index is 12.3. The fraction of sp³-hybridized carbons (Fsp3) is 0.182. The molecule has 0 aliphatic heterocycles. The van der Waals surface area contributed by atoms with Crippen molar-refractivity contribution in [1.29, 1.82) is 0 Å². The third-order valence-corrected chi connectivity index (χ3v) is 2.29. The number of H-pyrrole nitrogens is 1. The molecule has 0 saturated carbocycles. The van der Waals surface area contributed by atoms with E-state index in [4.69, 9.17) is 0 Å². The number of hydrogen-bond acceptors (Lipinski definition) is 3. The summed E-state index contributed by atoms with van der Waals surface area (Å²) in [7, 11) is 0. The van der Waals surface area contributed by atoms with Crippen LogP contribution in [0.1, 0.15) is 21.7 Å². The number of halogens is 3. The maximum Gasteiger partial charge on any atom is 0.451 e. The zero-order chi connectivity index (χ0) is 14.0. The molecule has 0 bridgehead atoms. The molecule has 0 unspecified atom stereocenters. The molecule has 19 heavy (non-hydrogen) atoms. The summed E-state index contributed by atoms with van der Waals surface area (Å²) in [6.45, 7) is 1.85. The van der Waals surface area contributed by atoms with Crippen molar-refractivity contribution >= 4 is 11.9 Å². The Bertz CT molecular complexity index is 589. The van der Waals surface area contributed by atoms with Crippen LogP contribution in [0.15, 0.2) is 24.3 Å². The van der Waals surface area contributed by atoms with Crippen LogP contribution >= 0.6 is 0 Å². The lowest BCUT2D eigenvalue weighted by Gasteiger charge is -2.01. The molecule has 100 valence electrons. The van der Waals surface area contributed by atoms with E-state index < -0.39 is 23.9 Å². The van der Waals surface area contributed by atoms with Gasteiger partial charge in [0.15, 0.2) is 0 Å². The van der Waals surface area contributed by atoms with Crippen LogP contribution in [-0.4, -0.2) is 21.1 Å². The molecule has 0 atom stereocenters. The Morgan fingerprint density at radius 1 is 1.26 bits per heavy atom. The highest BCUT2D eigenvalue weighted by atomic mass is 19.4. The van der Waals surface area contributed by atoms with E-state index in [2.05, 4.69) is 15.4 Å². The van der Waals surface area contributed by atoms with E-state index in [0.29, 0.717) is 5.56 Å². The molecule has 2 aromatic rings. The van der Waals surface area contributed by atoms with Crippen LogP contribution in [0.4, 0.5) is 19.1 Å². The van der Waals surface area contributed by atoms with Crippen molar-refractivity contribution in [1.82, 2.24) is 15.2 Å². The molecule has 8 heteroatoms. The van der Waals surface area contributed by atoms with Crippen molar-refractivity contribution in [2.75, 3.05) is 5.32 Å². The number of benzene rings is 1. The molecule has 0 saturated heterocycles. The van der Waals surface area contributed by atoms with Crippen LogP contribution in [0.2, 0.25) is 0 Å². The molecule has 5 nitrogen and oxygen atoms in total. The number of aromatic nitrogens is 3. The molecule has 1 aromatic carbocycles. The van der Waals surface area contributed by atoms with Crippen LogP contribution in [-0.2, 0) is 6.18 Å². The SMILES string of the molecule is Cc1ccc(C(=O)Nc2n[nH]c(C(F)(F)F)n2)cc1. The van der Waals surface area contributed by atoms with E-state index in [-0.39, 0.29) is 0 Å². The van der Waals surface area contributed by atoms with Gasteiger partial charge in [-0.1, -0.05) is 17.7 Å². The van der Waals surface area contributed by atoms with Crippen molar-refractivity contribution < 1.29 is 18.0 Å². The molecule has 0 fully saturated rings. The largest absolute Gasteiger partial charge is 0.451 e. The molecule has 1 aromatic heterocycles. The Morgan fingerprint density at radius 2 is 1.89 bits per heavy atom. The summed E-state index contributed by atoms with van der Waals surface area (Å²) in [6.07, 6.45) is -4.63. The zero-order valence-electron chi connectivity index (χ0n) is 9.75. The van der Waals surface area contributed by atoms with Crippen LogP contribution in [0.5, 0.6) is 0 Å². The number of nitrogens with one attached hydrogen (secondary N) is 2. The minimum absolute atomic E-state index is 0.309. The van der Waals surface area contributed by atoms with Gasteiger partial charge in [0.05, 0.1) is 0 Å². The van der Waals surface area contributed by atoms with E-state index in [1.165, 1.54) is 0 Å². The van der Waals surface area contributed by atoms with Gasteiger partial charge in [0.2, 0.25) is 11.8 Å². The number of nitrogens with zero attached hydrogens (tertiary/aromatic N) is 2. The highest BCUT2D eigenvalue weighted by Gasteiger charge is 2.35. The third-order valence-electron chi connectivity index (χ3n) is 2.29. The predicted molar refractivity (Wildman–Crippen MR) is 60.5 cm³/mol. The first-order valence-corrected chi connectivity index (χ1v) is 5.24. The van der Waals surface area contributed by atoms with E-state index in [1.807, 2.05) is 6.92 Å². The Hall–Kier alpha value is -2.38. The minimum Gasteiger partial charge on any atom is -0.289 e. The Morgan fingerprint density at radius 3 is 2.42 bits per heavy atom. The van der Waals surface area contributed by atoms with E-state index in [1.54, 1.807) is 29.4 Å². The molecule has 1 heterocycles. The lowest BCUT2D eigenvalue weighted by atomic mass is 10.1. The number of hydrogen-bond donors (Lipinski definition) is 2. The summed E-state index contributed by atoms with van der Waals surface area (Å²) in [6, 6.07) is 6.55. The summed E-state index contributed by atoms with van der Waals surface area (Å²) < 4.78 is 36.8. The van der Waals surface area contributed by atoms with E-state index in [9.17, 15) is 18.0 Å². The lowest BCUT2D eigenvalue weighted by molar-refractivity contribution is -0.144. The second kappa shape index (κ2) is 4.71. The van der Waals surface area contributed by atoms with Crippen molar-refractivity contribution in [2.24, 2.45) is 0 Å². The van der Waals surface area contributed by atoms with Gasteiger partial charge in [0.1, 0.15) is 0 Å². The molecule has 2 N–H and O–H groups in total. The molecule has 1 amide bonds.